The van der Waals surface area contributed by atoms with Crippen molar-refractivity contribution < 1.29 is 38.1 Å². The second kappa shape index (κ2) is 46.3. The summed E-state index contributed by atoms with van der Waals surface area (Å²) < 4.78 is 28.8. The second-order valence-electron chi connectivity index (χ2n) is 17.1. The van der Waals surface area contributed by atoms with Crippen LogP contribution in [0, 0.1) is 11.8 Å². The molecular formula is C52H96O8. The molecule has 0 aromatic rings. The Morgan fingerprint density at radius 2 is 0.933 bits per heavy atom. The second-order valence-corrected chi connectivity index (χ2v) is 17.1. The van der Waals surface area contributed by atoms with Gasteiger partial charge in [0.05, 0.1) is 13.2 Å². The molecule has 0 aromatic carbocycles. The largest absolute Gasteiger partial charge is 0.508 e. The molecule has 8 nitrogen and oxygen atoms in total. The van der Waals surface area contributed by atoms with Crippen LogP contribution in [0.25, 0.3) is 0 Å². The van der Waals surface area contributed by atoms with Gasteiger partial charge in [-0.2, -0.15) is 0 Å². The molecular weight excluding hydrogens is 753 g/mol. The van der Waals surface area contributed by atoms with E-state index in [1.165, 1.54) is 83.5 Å². The lowest BCUT2D eigenvalue weighted by atomic mass is 9.98. The molecule has 0 bridgehead atoms. The highest BCUT2D eigenvalue weighted by atomic mass is 16.7. The molecule has 1 unspecified atom stereocenters. The summed E-state index contributed by atoms with van der Waals surface area (Å²) in [5.41, 5.74) is 0. The first kappa shape index (κ1) is 57.8. The van der Waals surface area contributed by atoms with Gasteiger partial charge in [0, 0.05) is 44.8 Å². The van der Waals surface area contributed by atoms with E-state index in [9.17, 15) is 14.4 Å². The first-order valence-electron chi connectivity index (χ1n) is 25.4. The van der Waals surface area contributed by atoms with E-state index in [4.69, 9.17) is 23.7 Å². The Morgan fingerprint density at radius 3 is 1.53 bits per heavy atom. The Hall–Kier alpha value is -2.19. The summed E-state index contributed by atoms with van der Waals surface area (Å²) in [5, 5.41) is 0. The van der Waals surface area contributed by atoms with Crippen LogP contribution < -0.4 is 0 Å². The fraction of sp³-hybridized carbons (Fsp3) is 0.865. The predicted molar refractivity (Wildman–Crippen MR) is 250 cm³/mol. The van der Waals surface area contributed by atoms with Gasteiger partial charge in [0.1, 0.15) is 12.4 Å². The zero-order chi connectivity index (χ0) is 44.0. The van der Waals surface area contributed by atoms with Crippen molar-refractivity contribution in [2.45, 2.75) is 246 Å². The Kier molecular flexibility index (Phi) is 44.6. The molecule has 0 aliphatic carbocycles. The number of Topliss-reactive ketones (excluding diaryl/α,β-unsaturated/α-hetero) is 1. The molecule has 0 aliphatic heterocycles. The average Bonchev–Trinajstić information content (AvgIpc) is 3.25. The Labute approximate surface area is 370 Å². The van der Waals surface area contributed by atoms with Gasteiger partial charge >= 0.3 is 12.1 Å². The van der Waals surface area contributed by atoms with Crippen LogP contribution in [0.2, 0.25) is 0 Å². The molecule has 1 atom stereocenters. The minimum absolute atomic E-state index is 0.0426. The summed E-state index contributed by atoms with van der Waals surface area (Å²) >= 11 is 0. The van der Waals surface area contributed by atoms with Crippen molar-refractivity contribution >= 4 is 17.9 Å². The van der Waals surface area contributed by atoms with Crippen LogP contribution in [0.1, 0.15) is 240 Å². The summed E-state index contributed by atoms with van der Waals surface area (Å²) in [5.74, 6) is 0.217. The van der Waals surface area contributed by atoms with Gasteiger partial charge in [-0.3, -0.25) is 9.59 Å². The van der Waals surface area contributed by atoms with Crippen molar-refractivity contribution in [2.75, 3.05) is 33.0 Å². The van der Waals surface area contributed by atoms with E-state index < -0.39 is 6.16 Å². The average molecular weight is 849 g/mol. The van der Waals surface area contributed by atoms with E-state index in [0.29, 0.717) is 57.8 Å². The van der Waals surface area contributed by atoms with Crippen molar-refractivity contribution in [3.8, 4) is 0 Å². The number of esters is 1. The van der Waals surface area contributed by atoms with Gasteiger partial charge in [-0.1, -0.05) is 168 Å². The Bertz CT molecular complexity index is 988. The summed E-state index contributed by atoms with van der Waals surface area (Å²) in [7, 11) is 0. The lowest BCUT2D eigenvalue weighted by molar-refractivity contribution is -0.151. The molecule has 0 heterocycles. The van der Waals surface area contributed by atoms with E-state index in [0.717, 1.165) is 89.9 Å². The molecule has 0 radical (unpaired) electrons. The van der Waals surface area contributed by atoms with Crippen molar-refractivity contribution in [2.24, 2.45) is 11.8 Å². The molecule has 0 rings (SSSR count). The van der Waals surface area contributed by atoms with Gasteiger partial charge in [0.15, 0.2) is 6.29 Å². The molecule has 352 valence electrons. The summed E-state index contributed by atoms with van der Waals surface area (Å²) in [4.78, 5) is 38.3. The van der Waals surface area contributed by atoms with Gasteiger partial charge in [-0.25, -0.2) is 4.79 Å². The third kappa shape index (κ3) is 41.2. The first-order chi connectivity index (χ1) is 29.4. The highest BCUT2D eigenvalue weighted by molar-refractivity contribution is 5.78. The fourth-order valence-corrected chi connectivity index (χ4v) is 7.21. The number of carbonyl (C=O) groups excluding carboxylic acids is 3. The topological polar surface area (TPSA) is 97.4 Å². The lowest BCUT2D eigenvalue weighted by Crippen LogP contribution is -2.23. The molecule has 0 spiro atoms. The van der Waals surface area contributed by atoms with Gasteiger partial charge in [0.2, 0.25) is 0 Å². The maximum absolute atomic E-state index is 13.2. The molecule has 0 fully saturated rings. The normalized spacial score (nSPS) is 12.3. The number of hydrogen-bond acceptors (Lipinski definition) is 8. The van der Waals surface area contributed by atoms with Crippen LogP contribution in [0.3, 0.4) is 0 Å². The summed E-state index contributed by atoms with van der Waals surface area (Å²) in [6.45, 7) is 12.8. The van der Waals surface area contributed by atoms with Gasteiger partial charge in [-0.05, 0) is 76.5 Å². The molecule has 0 aliphatic rings. The molecule has 0 amide bonds. The van der Waals surface area contributed by atoms with Crippen LogP contribution in [0.4, 0.5) is 4.79 Å². The molecule has 0 saturated heterocycles. The number of ketones is 1. The molecule has 60 heavy (non-hydrogen) atoms. The minimum atomic E-state index is -0.708. The first-order valence-corrected chi connectivity index (χ1v) is 25.4. The van der Waals surface area contributed by atoms with Gasteiger partial charge in [-0.15, -0.1) is 0 Å². The van der Waals surface area contributed by atoms with Crippen molar-refractivity contribution in [3.63, 3.8) is 0 Å². The molecule has 0 N–H and O–H groups in total. The van der Waals surface area contributed by atoms with E-state index in [1.807, 2.05) is 0 Å². The zero-order valence-corrected chi connectivity index (χ0v) is 40.0. The Morgan fingerprint density at radius 1 is 0.433 bits per heavy atom. The third-order valence-corrected chi connectivity index (χ3v) is 11.5. The lowest BCUT2D eigenvalue weighted by Gasteiger charge is -2.19. The SMILES string of the molecule is CCCCC/C=C\C/C=C\CCCCCCCC(=O)OCC(CCC(=O)CCC(OCCCCCCCC)OCCCCCCCC)COC(=O)OCCCC(CC)CC. The maximum atomic E-state index is 13.2. The number of ether oxygens (including phenoxy) is 5. The fourth-order valence-electron chi connectivity index (χ4n) is 7.21. The van der Waals surface area contributed by atoms with Crippen LogP contribution in [0.5, 0.6) is 0 Å². The molecule has 0 aromatic heterocycles. The van der Waals surface area contributed by atoms with Crippen molar-refractivity contribution in [1.29, 1.82) is 0 Å². The quantitative estimate of drug-likeness (QED) is 0.0259. The molecule has 8 heteroatoms. The highest BCUT2D eigenvalue weighted by Gasteiger charge is 2.19. The standard InChI is InChI=1S/C52H96O8/c1-6-11-14-17-20-21-22-23-24-25-26-27-28-29-32-37-50(54)59-45-48(46-60-52(55)58-44-35-36-47(9-4)10-5)38-39-49(53)40-41-51(56-42-33-30-18-15-12-7-2)57-43-34-31-19-16-13-8-3/h20-21,23-24,47-48,51H,6-19,22,25-46H2,1-5H3/b21-20-,24-23-. The van der Waals surface area contributed by atoms with Crippen LogP contribution in [0.15, 0.2) is 24.3 Å². The zero-order valence-electron chi connectivity index (χ0n) is 40.0. The van der Waals surface area contributed by atoms with Crippen LogP contribution in [-0.4, -0.2) is 57.2 Å². The van der Waals surface area contributed by atoms with Crippen molar-refractivity contribution in [1.82, 2.24) is 0 Å². The summed E-state index contributed by atoms with van der Waals surface area (Å²) in [6.07, 6.45) is 40.8. The van der Waals surface area contributed by atoms with E-state index >= 15 is 0 Å². The van der Waals surface area contributed by atoms with E-state index in [1.54, 1.807) is 0 Å². The maximum Gasteiger partial charge on any atom is 0.508 e. The smallest absolute Gasteiger partial charge is 0.465 e. The monoisotopic (exact) mass is 849 g/mol. The van der Waals surface area contributed by atoms with E-state index in [2.05, 4.69) is 58.9 Å². The predicted octanol–water partition coefficient (Wildman–Crippen LogP) is 15.5. The summed E-state index contributed by atoms with van der Waals surface area (Å²) in [6, 6.07) is 0. The number of rotatable bonds is 46. The van der Waals surface area contributed by atoms with Crippen molar-refractivity contribution in [3.05, 3.63) is 24.3 Å². The number of carbonyl (C=O) groups is 3. The minimum Gasteiger partial charge on any atom is -0.465 e. The van der Waals surface area contributed by atoms with E-state index in [-0.39, 0.29) is 37.2 Å². The van der Waals surface area contributed by atoms with Crippen LogP contribution in [-0.2, 0) is 33.3 Å². The number of allylic oxidation sites excluding steroid dienone is 4. The van der Waals surface area contributed by atoms with Crippen LogP contribution >= 0.6 is 0 Å². The number of unbranched alkanes of at least 4 members (excludes halogenated alkanes) is 18. The van der Waals surface area contributed by atoms with Gasteiger partial charge < -0.3 is 23.7 Å². The Balaban J connectivity index is 4.84. The molecule has 0 saturated carbocycles. The highest BCUT2D eigenvalue weighted by Crippen LogP contribution is 2.17. The van der Waals surface area contributed by atoms with Gasteiger partial charge in [0.25, 0.3) is 0 Å². The third-order valence-electron chi connectivity index (χ3n) is 11.5. The number of hydrogen-bond donors (Lipinski definition) is 0.